The van der Waals surface area contributed by atoms with Gasteiger partial charge in [-0.1, -0.05) is 26.1 Å². The van der Waals surface area contributed by atoms with Crippen LogP contribution in [-0.4, -0.2) is 13.3 Å². The SMILES string of the molecule is O.[B]CCCC. The Morgan fingerprint density at radius 1 is 1.50 bits per heavy atom. The van der Waals surface area contributed by atoms with Crippen LogP contribution in [0.5, 0.6) is 0 Å². The second-order valence-corrected chi connectivity index (χ2v) is 1.14. The van der Waals surface area contributed by atoms with E-state index in [4.69, 9.17) is 7.85 Å². The van der Waals surface area contributed by atoms with Gasteiger partial charge >= 0.3 is 0 Å². The summed E-state index contributed by atoms with van der Waals surface area (Å²) in [5, 5.41) is 0. The van der Waals surface area contributed by atoms with E-state index in [9.17, 15) is 0 Å². The zero-order chi connectivity index (χ0) is 4.12. The van der Waals surface area contributed by atoms with E-state index in [0.29, 0.717) is 0 Å². The third kappa shape index (κ3) is 8.98. The van der Waals surface area contributed by atoms with Gasteiger partial charge in [0.15, 0.2) is 0 Å². The molecule has 0 saturated carbocycles. The number of unbranched alkanes of at least 4 members (excludes halogenated alkanes) is 1. The lowest BCUT2D eigenvalue weighted by Crippen LogP contribution is -1.63. The Kier molecular flexibility index (Phi) is 13.9. The Morgan fingerprint density at radius 2 is 2.00 bits per heavy atom. The molecule has 2 heteroatoms. The molecular weight excluding hydrogens is 74.9 g/mol. The topological polar surface area (TPSA) is 31.5 Å². The first-order valence-corrected chi connectivity index (χ1v) is 2.12. The van der Waals surface area contributed by atoms with Crippen LogP contribution < -0.4 is 0 Å². The summed E-state index contributed by atoms with van der Waals surface area (Å²) in [4.78, 5) is 0. The third-order valence-electron chi connectivity index (χ3n) is 0.558. The van der Waals surface area contributed by atoms with Gasteiger partial charge in [0.1, 0.15) is 0 Å². The van der Waals surface area contributed by atoms with Gasteiger partial charge in [0, 0.05) is 0 Å². The standard InChI is InChI=1S/C4H9B.H2O/c1-2-3-4-5;/h2-4H2,1H3;1H2. The zero-order valence-electron chi connectivity index (χ0n) is 4.20. The second kappa shape index (κ2) is 8.90. The monoisotopic (exact) mass is 86.1 g/mol. The summed E-state index contributed by atoms with van der Waals surface area (Å²) in [6, 6.07) is 0. The molecule has 0 aromatic carbocycles. The van der Waals surface area contributed by atoms with Crippen molar-refractivity contribution < 1.29 is 5.48 Å². The van der Waals surface area contributed by atoms with E-state index >= 15 is 0 Å². The molecule has 0 bridgehead atoms. The molecule has 0 unspecified atom stereocenters. The highest BCUT2D eigenvalue weighted by Gasteiger charge is 1.68. The molecule has 1 nitrogen and oxygen atoms in total. The Balaban J connectivity index is 0. The molecule has 0 saturated heterocycles. The van der Waals surface area contributed by atoms with Crippen LogP contribution >= 0.6 is 0 Å². The van der Waals surface area contributed by atoms with Gasteiger partial charge in [-0.2, -0.15) is 0 Å². The fourth-order valence-electron chi connectivity index (χ4n) is 0.204. The summed E-state index contributed by atoms with van der Waals surface area (Å²) in [6.45, 7) is 2.13. The largest absolute Gasteiger partial charge is 0.412 e. The zero-order valence-corrected chi connectivity index (χ0v) is 4.20. The van der Waals surface area contributed by atoms with Crippen molar-refractivity contribution in [1.29, 1.82) is 0 Å². The first-order chi connectivity index (χ1) is 2.41. The minimum Gasteiger partial charge on any atom is -0.412 e. The van der Waals surface area contributed by atoms with E-state index in [-0.39, 0.29) is 5.48 Å². The van der Waals surface area contributed by atoms with Gasteiger partial charge in [-0.3, -0.25) is 0 Å². The number of hydrogen-bond acceptors (Lipinski definition) is 0. The number of hydrogen-bond donors (Lipinski definition) is 0. The van der Waals surface area contributed by atoms with Crippen molar-refractivity contribution in [2.24, 2.45) is 0 Å². The van der Waals surface area contributed by atoms with Crippen LogP contribution in [0.3, 0.4) is 0 Å². The molecule has 0 spiro atoms. The minimum atomic E-state index is 0. The quantitative estimate of drug-likeness (QED) is 0.439. The lowest BCUT2D eigenvalue weighted by molar-refractivity contribution is 0.824. The van der Waals surface area contributed by atoms with E-state index < -0.39 is 0 Å². The summed E-state index contributed by atoms with van der Waals surface area (Å²) < 4.78 is 0. The Bertz CT molecular complexity index is 15.0. The predicted octanol–water partition coefficient (Wildman–Crippen LogP) is 0.549. The molecule has 0 aliphatic carbocycles. The maximum atomic E-state index is 5.14. The summed E-state index contributed by atoms with van der Waals surface area (Å²) >= 11 is 0. The highest BCUT2D eigenvalue weighted by molar-refractivity contribution is 6.08. The van der Waals surface area contributed by atoms with Gasteiger partial charge in [-0.15, -0.1) is 0 Å². The van der Waals surface area contributed by atoms with Gasteiger partial charge in [0.2, 0.25) is 0 Å². The van der Waals surface area contributed by atoms with Crippen LogP contribution in [-0.2, 0) is 0 Å². The Morgan fingerprint density at radius 3 is 2.00 bits per heavy atom. The average molecular weight is 85.9 g/mol. The van der Waals surface area contributed by atoms with Crippen molar-refractivity contribution in [1.82, 2.24) is 0 Å². The molecule has 0 amide bonds. The van der Waals surface area contributed by atoms with Gasteiger partial charge in [-0.25, -0.2) is 0 Å². The van der Waals surface area contributed by atoms with Crippen LogP contribution in [0, 0.1) is 0 Å². The molecule has 0 aromatic rings. The maximum Gasteiger partial charge on any atom is 0.0652 e. The van der Waals surface area contributed by atoms with Gasteiger partial charge in [-0.05, 0) is 0 Å². The van der Waals surface area contributed by atoms with E-state index in [1.165, 1.54) is 12.8 Å². The highest BCUT2D eigenvalue weighted by Crippen LogP contribution is 1.86. The van der Waals surface area contributed by atoms with Crippen molar-refractivity contribution in [2.45, 2.75) is 26.1 Å². The molecule has 0 aliphatic heterocycles. The van der Waals surface area contributed by atoms with Crippen molar-refractivity contribution in [2.75, 3.05) is 0 Å². The first kappa shape index (κ1) is 9.39. The highest BCUT2D eigenvalue weighted by atomic mass is 16.0. The summed E-state index contributed by atoms with van der Waals surface area (Å²) in [7, 11) is 5.14. The fourth-order valence-corrected chi connectivity index (χ4v) is 0.204. The van der Waals surface area contributed by atoms with Crippen LogP contribution in [0.1, 0.15) is 19.8 Å². The molecule has 0 heterocycles. The van der Waals surface area contributed by atoms with Crippen LogP contribution in [0.25, 0.3) is 0 Å². The van der Waals surface area contributed by atoms with E-state index in [2.05, 4.69) is 6.92 Å². The van der Waals surface area contributed by atoms with Gasteiger partial charge in [0.25, 0.3) is 0 Å². The van der Waals surface area contributed by atoms with E-state index in [1.807, 2.05) is 0 Å². The van der Waals surface area contributed by atoms with Crippen molar-refractivity contribution >= 4 is 7.85 Å². The lowest BCUT2D eigenvalue weighted by Gasteiger charge is -1.79. The molecule has 0 aromatic heterocycles. The van der Waals surface area contributed by atoms with E-state index in [1.54, 1.807) is 0 Å². The maximum absolute atomic E-state index is 5.14. The molecule has 0 rings (SSSR count). The molecule has 6 heavy (non-hydrogen) atoms. The van der Waals surface area contributed by atoms with Gasteiger partial charge < -0.3 is 5.48 Å². The molecule has 2 N–H and O–H groups in total. The third-order valence-corrected chi connectivity index (χ3v) is 0.558. The lowest BCUT2D eigenvalue weighted by atomic mass is 10.0. The van der Waals surface area contributed by atoms with Gasteiger partial charge in [0.05, 0.1) is 7.85 Å². The average Bonchev–Trinajstić information content (AvgIpc) is 1.41. The van der Waals surface area contributed by atoms with Crippen molar-refractivity contribution in [3.05, 3.63) is 0 Å². The normalized spacial score (nSPS) is 6.83. The molecule has 0 fully saturated rings. The minimum absolute atomic E-state index is 0. The first-order valence-electron chi connectivity index (χ1n) is 2.12. The van der Waals surface area contributed by atoms with Crippen molar-refractivity contribution in [3.8, 4) is 0 Å². The second-order valence-electron chi connectivity index (χ2n) is 1.14. The Hall–Kier alpha value is 0.0249. The Labute approximate surface area is 40.5 Å². The molecule has 36 valence electrons. The molecular formula is C4H11BO. The van der Waals surface area contributed by atoms with E-state index in [0.717, 1.165) is 6.32 Å². The molecule has 0 atom stereocenters. The fraction of sp³-hybridized carbons (Fsp3) is 1.00. The predicted molar refractivity (Wildman–Crippen MR) is 29.1 cm³/mol. The van der Waals surface area contributed by atoms with Crippen LogP contribution in [0.2, 0.25) is 6.32 Å². The van der Waals surface area contributed by atoms with Crippen molar-refractivity contribution in [3.63, 3.8) is 0 Å². The summed E-state index contributed by atoms with van der Waals surface area (Å²) in [6.07, 6.45) is 3.23. The van der Waals surface area contributed by atoms with Crippen LogP contribution in [0.15, 0.2) is 0 Å². The smallest absolute Gasteiger partial charge is 0.0652 e. The molecule has 2 radical (unpaired) electrons. The summed E-state index contributed by atoms with van der Waals surface area (Å²) in [5.41, 5.74) is 0. The van der Waals surface area contributed by atoms with Crippen LogP contribution in [0.4, 0.5) is 0 Å². The summed E-state index contributed by atoms with van der Waals surface area (Å²) in [5.74, 6) is 0. The molecule has 0 aliphatic rings. The number of rotatable bonds is 2.